The predicted molar refractivity (Wildman–Crippen MR) is 85.8 cm³/mol. The van der Waals surface area contributed by atoms with E-state index in [0.29, 0.717) is 5.75 Å². The molecule has 0 radical (unpaired) electrons. The zero-order valence-corrected chi connectivity index (χ0v) is 13.1. The Balaban J connectivity index is 1.74. The van der Waals surface area contributed by atoms with E-state index in [9.17, 15) is 12.8 Å². The Hall–Kier alpha value is -3.00. The minimum atomic E-state index is -3.92. The molecule has 8 heteroatoms. The molecule has 2 aromatic carbocycles. The van der Waals surface area contributed by atoms with Crippen molar-refractivity contribution in [1.82, 2.24) is 9.97 Å². The van der Waals surface area contributed by atoms with Gasteiger partial charge in [0, 0.05) is 0 Å². The first-order valence-corrected chi connectivity index (χ1v) is 8.34. The predicted octanol–water partition coefficient (Wildman–Crippen LogP) is 3.21. The summed E-state index contributed by atoms with van der Waals surface area (Å²) in [6, 6.07) is 13.7. The van der Waals surface area contributed by atoms with Gasteiger partial charge in [-0.3, -0.25) is 4.72 Å². The summed E-state index contributed by atoms with van der Waals surface area (Å²) < 4.78 is 45.2. The molecule has 0 atom stereocenters. The average molecular weight is 345 g/mol. The lowest BCUT2D eigenvalue weighted by molar-refractivity contribution is 0.442. The first-order chi connectivity index (χ1) is 11.5. The highest BCUT2D eigenvalue weighted by atomic mass is 32.2. The number of rotatable bonds is 5. The summed E-state index contributed by atoms with van der Waals surface area (Å²) in [5.74, 6) is -0.0775. The summed E-state index contributed by atoms with van der Waals surface area (Å²) in [5.41, 5.74) is 0.139. The van der Waals surface area contributed by atoms with Crippen LogP contribution in [0.25, 0.3) is 0 Å². The van der Waals surface area contributed by atoms with Gasteiger partial charge >= 0.3 is 6.01 Å². The van der Waals surface area contributed by atoms with Gasteiger partial charge in [-0.15, -0.1) is 0 Å². The van der Waals surface area contributed by atoms with Crippen LogP contribution in [-0.4, -0.2) is 18.4 Å². The normalized spacial score (nSPS) is 11.0. The number of halogens is 1. The zero-order valence-electron chi connectivity index (χ0n) is 12.3. The van der Waals surface area contributed by atoms with Gasteiger partial charge in [-0.25, -0.2) is 22.8 Å². The molecule has 0 aliphatic rings. The summed E-state index contributed by atoms with van der Waals surface area (Å²) >= 11 is 0. The molecule has 3 rings (SSSR count). The molecule has 0 aliphatic heterocycles. The van der Waals surface area contributed by atoms with Gasteiger partial charge in [0.05, 0.1) is 23.0 Å². The van der Waals surface area contributed by atoms with Crippen LogP contribution in [0.4, 0.5) is 10.1 Å². The van der Waals surface area contributed by atoms with E-state index in [0.717, 1.165) is 12.1 Å². The van der Waals surface area contributed by atoms with Crippen LogP contribution in [0.3, 0.4) is 0 Å². The van der Waals surface area contributed by atoms with Crippen LogP contribution >= 0.6 is 0 Å². The van der Waals surface area contributed by atoms with Gasteiger partial charge in [0.25, 0.3) is 10.0 Å². The molecular weight excluding hydrogens is 333 g/mol. The minimum Gasteiger partial charge on any atom is -0.424 e. The zero-order chi connectivity index (χ0) is 17.0. The Morgan fingerprint density at radius 2 is 1.67 bits per heavy atom. The molecule has 0 unspecified atom stereocenters. The van der Waals surface area contributed by atoms with E-state index in [1.54, 1.807) is 24.3 Å². The summed E-state index contributed by atoms with van der Waals surface area (Å²) in [7, 11) is -3.92. The minimum absolute atomic E-state index is 0.0786. The maximum absolute atomic E-state index is 13.2. The number of hydrogen-bond donors (Lipinski definition) is 1. The molecule has 0 spiro atoms. The van der Waals surface area contributed by atoms with Crippen molar-refractivity contribution in [1.29, 1.82) is 0 Å². The topological polar surface area (TPSA) is 81.2 Å². The quantitative estimate of drug-likeness (QED) is 0.768. The Morgan fingerprint density at radius 1 is 0.958 bits per heavy atom. The van der Waals surface area contributed by atoms with Crippen molar-refractivity contribution in [2.45, 2.75) is 4.90 Å². The van der Waals surface area contributed by atoms with Crippen molar-refractivity contribution < 1.29 is 17.5 Å². The van der Waals surface area contributed by atoms with Crippen molar-refractivity contribution in [2.75, 3.05) is 4.72 Å². The molecule has 0 bridgehead atoms. The van der Waals surface area contributed by atoms with Crippen LogP contribution in [0.5, 0.6) is 11.8 Å². The molecule has 1 N–H and O–H groups in total. The van der Waals surface area contributed by atoms with Crippen molar-refractivity contribution in [2.24, 2.45) is 0 Å². The summed E-state index contributed by atoms with van der Waals surface area (Å²) in [4.78, 5) is 7.68. The Bertz CT molecular complexity index is 932. The number of sulfonamides is 1. The van der Waals surface area contributed by atoms with Crippen LogP contribution in [0, 0.1) is 5.82 Å². The highest BCUT2D eigenvalue weighted by Gasteiger charge is 2.15. The first kappa shape index (κ1) is 15.9. The number of para-hydroxylation sites is 1. The Kier molecular flexibility index (Phi) is 4.39. The van der Waals surface area contributed by atoms with Gasteiger partial charge in [-0.1, -0.05) is 24.3 Å². The van der Waals surface area contributed by atoms with Crippen LogP contribution in [0.15, 0.2) is 71.9 Å². The van der Waals surface area contributed by atoms with Crippen LogP contribution in [-0.2, 0) is 10.0 Å². The molecule has 0 aliphatic carbocycles. The van der Waals surface area contributed by atoms with Gasteiger partial charge in [0.15, 0.2) is 0 Å². The lowest BCUT2D eigenvalue weighted by Gasteiger charge is -2.08. The van der Waals surface area contributed by atoms with Crippen LogP contribution < -0.4 is 9.46 Å². The maximum Gasteiger partial charge on any atom is 0.322 e. The number of aromatic nitrogens is 2. The van der Waals surface area contributed by atoms with E-state index in [4.69, 9.17) is 4.74 Å². The van der Waals surface area contributed by atoms with E-state index in [1.807, 2.05) is 6.07 Å². The number of hydrogen-bond acceptors (Lipinski definition) is 5. The monoisotopic (exact) mass is 345 g/mol. The second kappa shape index (κ2) is 6.63. The molecular formula is C16H12FN3O3S. The van der Waals surface area contributed by atoms with Gasteiger partial charge < -0.3 is 4.74 Å². The van der Waals surface area contributed by atoms with Gasteiger partial charge in [0.1, 0.15) is 11.6 Å². The fourth-order valence-corrected chi connectivity index (χ4v) is 2.92. The van der Waals surface area contributed by atoms with E-state index >= 15 is 0 Å². The van der Waals surface area contributed by atoms with E-state index in [-0.39, 0.29) is 16.6 Å². The molecule has 0 saturated carbocycles. The van der Waals surface area contributed by atoms with Crippen molar-refractivity contribution >= 4 is 15.7 Å². The van der Waals surface area contributed by atoms with Crippen molar-refractivity contribution in [3.63, 3.8) is 0 Å². The first-order valence-electron chi connectivity index (χ1n) is 6.86. The van der Waals surface area contributed by atoms with E-state index in [1.165, 1.54) is 24.5 Å². The van der Waals surface area contributed by atoms with E-state index in [2.05, 4.69) is 14.7 Å². The number of nitrogens with zero attached hydrogens (tertiary/aromatic N) is 2. The standard InChI is InChI=1S/C16H12FN3O3S/c17-12-5-4-8-15(9-12)24(21,22)20-13-10-18-16(19-11-13)23-14-6-2-1-3-7-14/h1-11,20H. The summed E-state index contributed by atoms with van der Waals surface area (Å²) in [6.07, 6.45) is 2.53. The molecule has 1 aromatic heterocycles. The third kappa shape index (κ3) is 3.85. The second-order valence-corrected chi connectivity index (χ2v) is 6.41. The SMILES string of the molecule is O=S(=O)(Nc1cnc(Oc2ccccc2)nc1)c1cccc(F)c1. The second-order valence-electron chi connectivity index (χ2n) is 4.73. The van der Waals surface area contributed by atoms with Crippen molar-refractivity contribution in [3.8, 4) is 11.8 Å². The van der Waals surface area contributed by atoms with Gasteiger partial charge in [0.2, 0.25) is 0 Å². The third-order valence-corrected chi connectivity index (χ3v) is 4.32. The summed E-state index contributed by atoms with van der Waals surface area (Å²) in [6.45, 7) is 0. The van der Waals surface area contributed by atoms with E-state index < -0.39 is 15.8 Å². The van der Waals surface area contributed by atoms with Crippen molar-refractivity contribution in [3.05, 3.63) is 72.8 Å². The highest BCUT2D eigenvalue weighted by Crippen LogP contribution is 2.19. The van der Waals surface area contributed by atoms with Gasteiger partial charge in [-0.05, 0) is 30.3 Å². The Labute approximate surface area is 138 Å². The molecule has 0 amide bonds. The largest absolute Gasteiger partial charge is 0.424 e. The fraction of sp³-hybridized carbons (Fsp3) is 0. The number of anilines is 1. The molecule has 3 aromatic rings. The van der Waals surface area contributed by atoms with Crippen LogP contribution in [0.2, 0.25) is 0 Å². The summed E-state index contributed by atoms with van der Waals surface area (Å²) in [5, 5.41) is 0. The van der Waals surface area contributed by atoms with Gasteiger partial charge in [-0.2, -0.15) is 0 Å². The molecule has 1 heterocycles. The maximum atomic E-state index is 13.2. The molecule has 24 heavy (non-hydrogen) atoms. The number of benzene rings is 2. The molecule has 0 fully saturated rings. The number of ether oxygens (including phenoxy) is 1. The molecule has 6 nitrogen and oxygen atoms in total. The fourth-order valence-electron chi connectivity index (χ4n) is 1.86. The third-order valence-electron chi connectivity index (χ3n) is 2.94. The number of nitrogens with one attached hydrogen (secondary N) is 1. The lowest BCUT2D eigenvalue weighted by atomic mass is 10.3. The lowest BCUT2D eigenvalue weighted by Crippen LogP contribution is -2.13. The highest BCUT2D eigenvalue weighted by molar-refractivity contribution is 7.92. The Morgan fingerprint density at radius 3 is 2.33 bits per heavy atom. The smallest absolute Gasteiger partial charge is 0.322 e. The molecule has 0 saturated heterocycles. The van der Waals surface area contributed by atoms with Crippen LogP contribution in [0.1, 0.15) is 0 Å². The molecule has 122 valence electrons. The average Bonchev–Trinajstić information content (AvgIpc) is 2.57.